The van der Waals surface area contributed by atoms with Gasteiger partial charge >= 0.3 is 60.2 Å². The van der Waals surface area contributed by atoms with Crippen molar-refractivity contribution in [2.24, 2.45) is 0 Å². The Balaban J connectivity index is 3.90. The van der Waals surface area contributed by atoms with E-state index < -0.39 is 97.5 Å². The molecular weight excluding hydrogens is 673 g/mol. The van der Waals surface area contributed by atoms with Crippen LogP contribution in [0.5, 0.6) is 0 Å². The molecule has 0 bridgehead atoms. The van der Waals surface area contributed by atoms with Gasteiger partial charge in [-0.1, -0.05) is 13.3 Å². The smallest absolute Gasteiger partial charge is 0.465 e. The van der Waals surface area contributed by atoms with Crippen molar-refractivity contribution in [2.75, 3.05) is 6.61 Å². The Morgan fingerprint density at radius 3 is 1.27 bits per heavy atom. The molecule has 0 amide bonds. The lowest BCUT2D eigenvalue weighted by molar-refractivity contribution is -0.329. The average Bonchev–Trinajstić information content (AvgIpc) is 2.84. The van der Waals surface area contributed by atoms with Crippen molar-refractivity contribution < 1.29 is 114 Å². The maximum atomic E-state index is 13.6. The summed E-state index contributed by atoms with van der Waals surface area (Å²) in [6.45, 7) is 0.542. The van der Waals surface area contributed by atoms with Gasteiger partial charge in [0.15, 0.2) is 30.7 Å². The molecule has 0 aromatic carbocycles. The number of aliphatic carboxylic acids is 1. The van der Waals surface area contributed by atoms with Crippen LogP contribution < -0.4 is 0 Å². The van der Waals surface area contributed by atoms with E-state index in [-0.39, 0.29) is 12.8 Å². The van der Waals surface area contributed by atoms with Crippen molar-refractivity contribution >= 4 is 23.9 Å². The van der Waals surface area contributed by atoms with E-state index in [1.165, 1.54) is 6.92 Å². The zero-order valence-corrected chi connectivity index (χ0v) is 20.8. The summed E-state index contributed by atoms with van der Waals surface area (Å²) in [7, 11) is 0. The number of carboxylic acid groups (broad SMARTS) is 1. The summed E-state index contributed by atoms with van der Waals surface area (Å²) in [4.78, 5) is 46.7. The van der Waals surface area contributed by atoms with Crippen LogP contribution in [0.15, 0.2) is 0 Å². The monoisotopic (exact) mass is 688 g/mol. The predicted octanol–water partition coefficient (Wildman–Crippen LogP) is 3.94. The predicted molar refractivity (Wildman–Crippen MR) is 99.8 cm³/mol. The summed E-state index contributed by atoms with van der Waals surface area (Å²) in [5.74, 6) is -34.4. The van der Waals surface area contributed by atoms with Crippen molar-refractivity contribution in [1.29, 1.82) is 0 Å². The van der Waals surface area contributed by atoms with Gasteiger partial charge in [0.2, 0.25) is 0 Å². The molecule has 1 fully saturated rings. The van der Waals surface area contributed by atoms with Crippen LogP contribution in [0.4, 0.5) is 65.9 Å². The SMILES string of the molecule is CCCCOC1OC(C(=O)O)C(OC(=O)C(F)(F)C(F)(F)F)C(OC(=O)C(F)(F)C(F)(F)F)C1OC(=O)C(F)(F)C(F)(F)F. The molecule has 1 heterocycles. The first-order valence-corrected chi connectivity index (χ1v) is 11.0. The van der Waals surface area contributed by atoms with E-state index in [4.69, 9.17) is 4.74 Å². The van der Waals surface area contributed by atoms with Gasteiger partial charge in [-0.25, -0.2) is 19.2 Å². The van der Waals surface area contributed by atoms with Crippen molar-refractivity contribution in [3.8, 4) is 0 Å². The summed E-state index contributed by atoms with van der Waals surface area (Å²) in [6, 6.07) is 0. The molecular formula is C19H15F15O10. The van der Waals surface area contributed by atoms with Gasteiger partial charge in [0, 0.05) is 6.61 Å². The summed E-state index contributed by atoms with van der Waals surface area (Å²) < 4.78 is 215. The lowest BCUT2D eigenvalue weighted by Crippen LogP contribution is -2.66. The number of unbranched alkanes of at least 4 members (excludes halogenated alkanes) is 1. The Labute approximate surface area is 232 Å². The number of ether oxygens (including phenoxy) is 5. The van der Waals surface area contributed by atoms with Crippen LogP contribution in [-0.2, 0) is 42.9 Å². The van der Waals surface area contributed by atoms with Gasteiger partial charge in [-0.2, -0.15) is 65.9 Å². The first kappa shape index (κ1) is 38.8. The third-order valence-electron chi connectivity index (χ3n) is 5.08. The Hall–Kier alpha value is -3.25. The number of carbonyl (C=O) groups is 4. The van der Waals surface area contributed by atoms with Gasteiger partial charge in [0.05, 0.1) is 0 Å². The van der Waals surface area contributed by atoms with E-state index in [2.05, 4.69) is 18.9 Å². The standard InChI is InChI=1S/C19H15F15O10/c1-2-3-4-40-10-8(44-13(39)16(24,25)19(32,33)34)6(43-12(38)15(22,23)18(29,30)31)5(7(41-10)9(35)36)42-11(37)14(20,21)17(26,27)28/h5-8,10H,2-4H2,1H3,(H,35,36). The Morgan fingerprint density at radius 1 is 0.614 bits per heavy atom. The second-order valence-electron chi connectivity index (χ2n) is 8.31. The fourth-order valence-corrected chi connectivity index (χ4v) is 2.82. The molecule has 5 unspecified atom stereocenters. The molecule has 5 atom stereocenters. The Kier molecular flexibility index (Phi) is 11.5. The summed E-state index contributed by atoms with van der Waals surface area (Å²) in [5.41, 5.74) is 0. The number of halogens is 15. The van der Waals surface area contributed by atoms with Crippen molar-refractivity contribution in [3.05, 3.63) is 0 Å². The van der Waals surface area contributed by atoms with E-state index in [0.29, 0.717) is 0 Å². The van der Waals surface area contributed by atoms with Crippen LogP contribution in [0.1, 0.15) is 19.8 Å². The number of alkyl halides is 15. The zero-order valence-electron chi connectivity index (χ0n) is 20.8. The number of hydrogen-bond acceptors (Lipinski definition) is 9. The highest BCUT2D eigenvalue weighted by Gasteiger charge is 2.70. The molecule has 0 aromatic rings. The van der Waals surface area contributed by atoms with E-state index in [1.54, 1.807) is 0 Å². The highest BCUT2D eigenvalue weighted by molar-refractivity contribution is 5.82. The topological polar surface area (TPSA) is 135 Å². The Bertz CT molecular complexity index is 1070. The molecule has 1 aliphatic rings. The van der Waals surface area contributed by atoms with Crippen molar-refractivity contribution in [2.45, 2.75) is 86.8 Å². The number of carboxylic acids is 1. The number of rotatable bonds is 11. The van der Waals surface area contributed by atoms with Crippen LogP contribution in [0.2, 0.25) is 0 Å². The minimum atomic E-state index is -6.94. The van der Waals surface area contributed by atoms with E-state index in [0.717, 1.165) is 0 Å². The summed E-state index contributed by atoms with van der Waals surface area (Å²) in [6.07, 6.45) is -38.7. The summed E-state index contributed by atoms with van der Waals surface area (Å²) in [5, 5.41) is 9.29. The fraction of sp³-hybridized carbons (Fsp3) is 0.789. The molecule has 25 heteroatoms. The van der Waals surface area contributed by atoms with Gasteiger partial charge in [-0.05, 0) is 6.42 Å². The maximum Gasteiger partial charge on any atom is 0.465 e. The fourth-order valence-electron chi connectivity index (χ4n) is 2.82. The van der Waals surface area contributed by atoms with Gasteiger partial charge in [0.1, 0.15) is 0 Å². The zero-order chi connectivity index (χ0) is 34.9. The normalized spacial score (nSPS) is 24.0. The largest absolute Gasteiger partial charge is 0.479 e. The molecule has 0 spiro atoms. The van der Waals surface area contributed by atoms with Crippen molar-refractivity contribution in [1.82, 2.24) is 0 Å². The van der Waals surface area contributed by atoms with Gasteiger partial charge < -0.3 is 28.8 Å². The number of carbonyl (C=O) groups excluding carboxylic acids is 3. The molecule has 0 saturated carbocycles. The van der Waals surface area contributed by atoms with Crippen LogP contribution in [0, 0.1) is 0 Å². The first-order valence-electron chi connectivity index (χ1n) is 11.0. The molecule has 0 radical (unpaired) electrons. The van der Waals surface area contributed by atoms with Crippen LogP contribution >= 0.6 is 0 Å². The quantitative estimate of drug-likeness (QED) is 0.147. The van der Waals surface area contributed by atoms with Gasteiger partial charge in [-0.3, -0.25) is 0 Å². The highest BCUT2D eigenvalue weighted by Crippen LogP contribution is 2.42. The minimum Gasteiger partial charge on any atom is -0.479 e. The first-order chi connectivity index (χ1) is 19.6. The summed E-state index contributed by atoms with van der Waals surface area (Å²) >= 11 is 0. The van der Waals surface area contributed by atoms with Crippen LogP contribution in [-0.4, -0.2) is 103 Å². The molecule has 0 aliphatic carbocycles. The molecule has 1 N–H and O–H groups in total. The van der Waals surface area contributed by atoms with Gasteiger partial charge in [0.25, 0.3) is 0 Å². The molecule has 44 heavy (non-hydrogen) atoms. The molecule has 1 rings (SSSR count). The third-order valence-corrected chi connectivity index (χ3v) is 5.08. The van der Waals surface area contributed by atoms with E-state index >= 15 is 0 Å². The van der Waals surface area contributed by atoms with Crippen molar-refractivity contribution in [3.63, 3.8) is 0 Å². The Morgan fingerprint density at radius 2 is 0.955 bits per heavy atom. The molecule has 0 aromatic heterocycles. The minimum absolute atomic E-state index is 0.0919. The molecule has 256 valence electrons. The number of esters is 3. The average molecular weight is 688 g/mol. The van der Waals surface area contributed by atoms with Gasteiger partial charge in [-0.15, -0.1) is 0 Å². The molecule has 1 aliphatic heterocycles. The third kappa shape index (κ3) is 8.06. The second-order valence-corrected chi connectivity index (χ2v) is 8.31. The van der Waals surface area contributed by atoms with Crippen LogP contribution in [0.3, 0.4) is 0 Å². The lowest BCUT2D eigenvalue weighted by Gasteiger charge is -2.43. The van der Waals surface area contributed by atoms with E-state index in [9.17, 15) is 90.1 Å². The van der Waals surface area contributed by atoms with Crippen LogP contribution in [0.25, 0.3) is 0 Å². The highest BCUT2D eigenvalue weighted by atomic mass is 19.4. The number of hydrogen-bond donors (Lipinski definition) is 1. The lowest BCUT2D eigenvalue weighted by atomic mass is 9.97. The second kappa shape index (κ2) is 13.0. The molecule has 1 saturated heterocycles. The van der Waals surface area contributed by atoms with E-state index in [1.807, 2.05) is 0 Å². The molecule has 10 nitrogen and oxygen atoms in total. The maximum absolute atomic E-state index is 13.6.